The van der Waals surface area contributed by atoms with E-state index in [1.54, 1.807) is 13.0 Å². The smallest absolute Gasteiger partial charge is 0.270 e. The largest absolute Gasteiger partial charge is 0.486 e. The summed E-state index contributed by atoms with van der Waals surface area (Å²) in [6.07, 6.45) is 0.384. The molecule has 5 heteroatoms. The molecule has 0 spiro atoms. The Hall–Kier alpha value is -1.36. The normalized spacial score (nSPS) is 16.5. The Morgan fingerprint density at radius 1 is 1.28 bits per heavy atom. The number of hydrogen-bond acceptors (Lipinski definition) is 3. The molecular weight excluding hydrogens is 240 g/mol. The first-order chi connectivity index (χ1) is 8.38. The molecule has 0 saturated carbocycles. The van der Waals surface area contributed by atoms with E-state index < -0.39 is 5.92 Å². The Morgan fingerprint density at radius 2 is 1.83 bits per heavy atom. The van der Waals surface area contributed by atoms with Crippen molar-refractivity contribution in [2.45, 2.75) is 32.2 Å². The molecule has 1 aromatic rings. The van der Waals surface area contributed by atoms with Gasteiger partial charge < -0.3 is 15.2 Å². The molecule has 0 radical (unpaired) electrons. The first-order valence-electron chi connectivity index (χ1n) is 5.94. The Labute approximate surface area is 105 Å². The Bertz CT molecular complexity index is 441. The molecule has 0 aliphatic carbocycles. The quantitative estimate of drug-likeness (QED) is 0.904. The maximum atomic E-state index is 13.6. The Balaban J connectivity index is 2.47. The standard InChI is InChI=1S/C13H17F2NO2/c1-8(16)5-9-6-11-12(18-4-3-17-11)7-10(9)13(2,14)15/h6-8H,3-5,16H2,1-2H3. The predicted molar refractivity (Wildman–Crippen MR) is 64.4 cm³/mol. The van der Waals surface area contributed by atoms with Gasteiger partial charge in [0.1, 0.15) is 13.2 Å². The lowest BCUT2D eigenvalue weighted by atomic mass is 9.96. The molecular formula is C13H17F2NO2. The van der Waals surface area contributed by atoms with Crippen molar-refractivity contribution >= 4 is 0 Å². The van der Waals surface area contributed by atoms with E-state index in [1.807, 2.05) is 0 Å². The van der Waals surface area contributed by atoms with Crippen LogP contribution in [0.1, 0.15) is 25.0 Å². The third-order valence-electron chi connectivity index (χ3n) is 2.78. The van der Waals surface area contributed by atoms with Crippen LogP contribution in [0.15, 0.2) is 12.1 Å². The molecule has 18 heavy (non-hydrogen) atoms. The van der Waals surface area contributed by atoms with Gasteiger partial charge in [-0.15, -0.1) is 0 Å². The van der Waals surface area contributed by atoms with E-state index in [0.717, 1.165) is 6.92 Å². The van der Waals surface area contributed by atoms with Gasteiger partial charge in [0, 0.05) is 18.5 Å². The summed E-state index contributed by atoms with van der Waals surface area (Å²) in [5.74, 6) is -2.02. The number of ether oxygens (including phenoxy) is 2. The summed E-state index contributed by atoms with van der Waals surface area (Å²) in [4.78, 5) is 0. The van der Waals surface area contributed by atoms with Gasteiger partial charge in [-0.3, -0.25) is 0 Å². The van der Waals surface area contributed by atoms with E-state index in [1.165, 1.54) is 6.07 Å². The van der Waals surface area contributed by atoms with E-state index in [0.29, 0.717) is 36.7 Å². The number of benzene rings is 1. The molecule has 1 unspecified atom stereocenters. The third-order valence-corrected chi connectivity index (χ3v) is 2.78. The number of nitrogens with two attached hydrogens (primary N) is 1. The molecule has 0 bridgehead atoms. The molecule has 1 aromatic carbocycles. The maximum Gasteiger partial charge on any atom is 0.270 e. The van der Waals surface area contributed by atoms with Crippen LogP contribution < -0.4 is 15.2 Å². The lowest BCUT2D eigenvalue weighted by Crippen LogP contribution is -2.22. The van der Waals surface area contributed by atoms with Crippen LogP contribution in [0.25, 0.3) is 0 Å². The molecule has 2 N–H and O–H groups in total. The Kier molecular flexibility index (Phi) is 3.43. The number of hydrogen-bond donors (Lipinski definition) is 1. The van der Waals surface area contributed by atoms with Crippen LogP contribution in [-0.4, -0.2) is 19.3 Å². The molecule has 0 fully saturated rings. The lowest BCUT2D eigenvalue weighted by molar-refractivity contribution is 0.0159. The van der Waals surface area contributed by atoms with E-state index >= 15 is 0 Å². The van der Waals surface area contributed by atoms with Gasteiger partial charge in [-0.05, 0) is 31.0 Å². The van der Waals surface area contributed by atoms with Crippen molar-refractivity contribution in [2.24, 2.45) is 5.73 Å². The first-order valence-corrected chi connectivity index (χ1v) is 5.94. The van der Waals surface area contributed by atoms with Crippen LogP contribution in [-0.2, 0) is 12.3 Å². The molecule has 1 aliphatic heterocycles. The number of halogens is 2. The van der Waals surface area contributed by atoms with Gasteiger partial charge in [-0.1, -0.05) is 0 Å². The van der Waals surface area contributed by atoms with E-state index in [2.05, 4.69) is 0 Å². The van der Waals surface area contributed by atoms with Crippen molar-refractivity contribution < 1.29 is 18.3 Å². The second kappa shape index (κ2) is 4.72. The average Bonchev–Trinajstić information content (AvgIpc) is 2.26. The fourth-order valence-corrected chi connectivity index (χ4v) is 2.06. The summed E-state index contributed by atoms with van der Waals surface area (Å²) in [7, 11) is 0. The van der Waals surface area contributed by atoms with Crippen LogP contribution in [0, 0.1) is 0 Å². The molecule has 100 valence electrons. The minimum absolute atomic E-state index is 0.0379. The first kappa shape index (κ1) is 13.1. The van der Waals surface area contributed by atoms with Crippen molar-refractivity contribution in [3.8, 4) is 11.5 Å². The molecule has 2 rings (SSSR count). The molecule has 0 amide bonds. The summed E-state index contributed by atoms with van der Waals surface area (Å²) in [5.41, 5.74) is 6.17. The second-order valence-electron chi connectivity index (χ2n) is 4.72. The Morgan fingerprint density at radius 3 is 2.33 bits per heavy atom. The summed E-state index contributed by atoms with van der Waals surface area (Å²) < 4.78 is 37.9. The molecule has 1 aliphatic rings. The van der Waals surface area contributed by atoms with Gasteiger partial charge in [-0.25, -0.2) is 8.78 Å². The number of fused-ring (bicyclic) bond motifs is 1. The van der Waals surface area contributed by atoms with Crippen LogP contribution in [0.5, 0.6) is 11.5 Å². The highest BCUT2D eigenvalue weighted by molar-refractivity contribution is 5.49. The highest BCUT2D eigenvalue weighted by atomic mass is 19.3. The van der Waals surface area contributed by atoms with Crippen molar-refractivity contribution in [1.82, 2.24) is 0 Å². The van der Waals surface area contributed by atoms with Crippen molar-refractivity contribution in [3.05, 3.63) is 23.3 Å². The lowest BCUT2D eigenvalue weighted by Gasteiger charge is -2.24. The second-order valence-corrected chi connectivity index (χ2v) is 4.72. The van der Waals surface area contributed by atoms with Gasteiger partial charge in [0.15, 0.2) is 11.5 Å². The SMILES string of the molecule is CC(N)Cc1cc2c(cc1C(C)(F)F)OCCO2. The van der Waals surface area contributed by atoms with Gasteiger partial charge >= 0.3 is 0 Å². The molecule has 1 atom stereocenters. The number of rotatable bonds is 3. The van der Waals surface area contributed by atoms with Crippen LogP contribution >= 0.6 is 0 Å². The van der Waals surface area contributed by atoms with E-state index in [9.17, 15) is 8.78 Å². The topological polar surface area (TPSA) is 44.5 Å². The zero-order chi connectivity index (χ0) is 13.3. The van der Waals surface area contributed by atoms with Gasteiger partial charge in [0.2, 0.25) is 0 Å². The number of alkyl halides is 2. The molecule has 0 aromatic heterocycles. The highest BCUT2D eigenvalue weighted by Gasteiger charge is 2.30. The fourth-order valence-electron chi connectivity index (χ4n) is 2.06. The van der Waals surface area contributed by atoms with Crippen LogP contribution in [0.2, 0.25) is 0 Å². The van der Waals surface area contributed by atoms with Crippen LogP contribution in [0.3, 0.4) is 0 Å². The van der Waals surface area contributed by atoms with Gasteiger partial charge in [-0.2, -0.15) is 0 Å². The zero-order valence-electron chi connectivity index (χ0n) is 10.5. The van der Waals surface area contributed by atoms with Crippen molar-refractivity contribution in [2.75, 3.05) is 13.2 Å². The maximum absolute atomic E-state index is 13.6. The summed E-state index contributed by atoms with van der Waals surface area (Å²) >= 11 is 0. The predicted octanol–water partition coefficient (Wildman–Crippen LogP) is 2.46. The van der Waals surface area contributed by atoms with Crippen molar-refractivity contribution in [3.63, 3.8) is 0 Å². The summed E-state index contributed by atoms with van der Waals surface area (Å²) in [5, 5.41) is 0. The van der Waals surface area contributed by atoms with E-state index in [4.69, 9.17) is 15.2 Å². The van der Waals surface area contributed by atoms with Gasteiger partial charge in [0.25, 0.3) is 5.92 Å². The highest BCUT2D eigenvalue weighted by Crippen LogP contribution is 2.39. The fraction of sp³-hybridized carbons (Fsp3) is 0.538. The monoisotopic (exact) mass is 257 g/mol. The van der Waals surface area contributed by atoms with Crippen LogP contribution in [0.4, 0.5) is 8.78 Å². The third kappa shape index (κ3) is 2.72. The minimum Gasteiger partial charge on any atom is -0.486 e. The summed E-state index contributed by atoms with van der Waals surface area (Å²) in [6, 6.07) is 2.80. The summed E-state index contributed by atoms with van der Waals surface area (Å²) in [6.45, 7) is 3.48. The van der Waals surface area contributed by atoms with Crippen molar-refractivity contribution in [1.29, 1.82) is 0 Å². The average molecular weight is 257 g/mol. The molecule has 3 nitrogen and oxygen atoms in total. The molecule has 1 heterocycles. The zero-order valence-corrected chi connectivity index (χ0v) is 10.5. The van der Waals surface area contributed by atoms with Gasteiger partial charge in [0.05, 0.1) is 0 Å². The molecule has 0 saturated heterocycles. The van der Waals surface area contributed by atoms with E-state index in [-0.39, 0.29) is 11.6 Å². The minimum atomic E-state index is -2.92.